The van der Waals surface area contributed by atoms with E-state index < -0.39 is 0 Å². The van der Waals surface area contributed by atoms with Crippen molar-refractivity contribution < 1.29 is 4.74 Å². The molecule has 14 heavy (non-hydrogen) atoms. The summed E-state index contributed by atoms with van der Waals surface area (Å²) in [5, 5.41) is 3.24. The van der Waals surface area contributed by atoms with Crippen molar-refractivity contribution in [2.24, 2.45) is 5.92 Å². The van der Waals surface area contributed by atoms with E-state index in [1.807, 2.05) is 7.05 Å². The zero-order chi connectivity index (χ0) is 10.6. The standard InChI is InChI=1S/C11H24N2O/c1-9(7-12-4)11(3)13-5-6-14-10(2)8-13/h9-12H,5-8H2,1-4H3. The average molecular weight is 200 g/mol. The van der Waals surface area contributed by atoms with Crippen molar-refractivity contribution in [1.29, 1.82) is 0 Å². The zero-order valence-electron chi connectivity index (χ0n) is 9.92. The van der Waals surface area contributed by atoms with Crippen molar-refractivity contribution >= 4 is 0 Å². The van der Waals surface area contributed by atoms with Gasteiger partial charge >= 0.3 is 0 Å². The number of ether oxygens (including phenoxy) is 1. The fraction of sp³-hybridized carbons (Fsp3) is 1.00. The van der Waals surface area contributed by atoms with E-state index in [2.05, 4.69) is 31.0 Å². The maximum Gasteiger partial charge on any atom is 0.0674 e. The molecule has 84 valence electrons. The van der Waals surface area contributed by atoms with Crippen LogP contribution in [0.4, 0.5) is 0 Å². The van der Waals surface area contributed by atoms with Crippen LogP contribution in [0, 0.1) is 5.92 Å². The molecular formula is C11H24N2O. The Morgan fingerprint density at radius 3 is 2.79 bits per heavy atom. The molecule has 3 unspecified atom stereocenters. The molecule has 0 radical (unpaired) electrons. The molecule has 0 aromatic heterocycles. The molecule has 0 bridgehead atoms. The first-order valence-corrected chi connectivity index (χ1v) is 5.65. The van der Waals surface area contributed by atoms with Crippen LogP contribution in [0.3, 0.4) is 0 Å². The molecule has 0 saturated carbocycles. The van der Waals surface area contributed by atoms with Crippen molar-refractivity contribution in [3.05, 3.63) is 0 Å². The quantitative estimate of drug-likeness (QED) is 0.731. The van der Waals surface area contributed by atoms with Crippen molar-refractivity contribution in [3.63, 3.8) is 0 Å². The highest BCUT2D eigenvalue weighted by Gasteiger charge is 2.24. The summed E-state index contributed by atoms with van der Waals surface area (Å²) < 4.78 is 5.54. The Hall–Kier alpha value is -0.120. The Balaban J connectivity index is 2.38. The third-order valence-electron chi connectivity index (χ3n) is 3.20. The van der Waals surface area contributed by atoms with Crippen LogP contribution < -0.4 is 5.32 Å². The van der Waals surface area contributed by atoms with Crippen molar-refractivity contribution in [2.75, 3.05) is 33.3 Å². The molecule has 3 nitrogen and oxygen atoms in total. The maximum absolute atomic E-state index is 5.54. The highest BCUT2D eigenvalue weighted by atomic mass is 16.5. The number of nitrogens with zero attached hydrogens (tertiary/aromatic N) is 1. The smallest absolute Gasteiger partial charge is 0.0674 e. The molecule has 1 aliphatic heterocycles. The first-order chi connectivity index (χ1) is 6.65. The van der Waals surface area contributed by atoms with E-state index in [1.165, 1.54) is 0 Å². The highest BCUT2D eigenvalue weighted by molar-refractivity contribution is 4.78. The highest BCUT2D eigenvalue weighted by Crippen LogP contribution is 2.14. The van der Waals surface area contributed by atoms with Crippen LogP contribution in [-0.2, 0) is 4.74 Å². The van der Waals surface area contributed by atoms with Crippen molar-refractivity contribution in [1.82, 2.24) is 10.2 Å². The summed E-state index contributed by atoms with van der Waals surface area (Å²) in [5.41, 5.74) is 0. The zero-order valence-corrected chi connectivity index (χ0v) is 9.92. The van der Waals surface area contributed by atoms with Gasteiger partial charge in [0.15, 0.2) is 0 Å². The molecule has 0 aliphatic carbocycles. The molecule has 1 fully saturated rings. The van der Waals surface area contributed by atoms with E-state index in [1.54, 1.807) is 0 Å². The van der Waals surface area contributed by atoms with Crippen molar-refractivity contribution in [2.45, 2.75) is 32.9 Å². The van der Waals surface area contributed by atoms with Gasteiger partial charge in [-0.05, 0) is 33.4 Å². The second-order valence-corrected chi connectivity index (χ2v) is 4.45. The predicted molar refractivity (Wildman–Crippen MR) is 59.5 cm³/mol. The average Bonchev–Trinajstić information content (AvgIpc) is 2.17. The largest absolute Gasteiger partial charge is 0.376 e. The van der Waals surface area contributed by atoms with Gasteiger partial charge in [0.25, 0.3) is 0 Å². The van der Waals surface area contributed by atoms with Crippen LogP contribution in [0.5, 0.6) is 0 Å². The van der Waals surface area contributed by atoms with Crippen LogP contribution in [0.1, 0.15) is 20.8 Å². The van der Waals surface area contributed by atoms with Gasteiger partial charge in [0.2, 0.25) is 0 Å². The summed E-state index contributed by atoms with van der Waals surface area (Å²) in [7, 11) is 2.02. The van der Waals surface area contributed by atoms with Gasteiger partial charge in [0.1, 0.15) is 0 Å². The van der Waals surface area contributed by atoms with Crippen LogP contribution in [-0.4, -0.2) is 50.3 Å². The Morgan fingerprint density at radius 1 is 1.50 bits per heavy atom. The van der Waals surface area contributed by atoms with Gasteiger partial charge in [-0.3, -0.25) is 4.90 Å². The fourth-order valence-electron chi connectivity index (χ4n) is 2.07. The van der Waals surface area contributed by atoms with Gasteiger partial charge < -0.3 is 10.1 Å². The fourth-order valence-corrected chi connectivity index (χ4v) is 2.07. The van der Waals surface area contributed by atoms with Gasteiger partial charge in [-0.1, -0.05) is 6.92 Å². The Morgan fingerprint density at radius 2 is 2.21 bits per heavy atom. The lowest BCUT2D eigenvalue weighted by atomic mass is 10.0. The minimum atomic E-state index is 0.396. The minimum Gasteiger partial charge on any atom is -0.376 e. The normalized spacial score (nSPS) is 28.7. The second kappa shape index (κ2) is 5.69. The topological polar surface area (TPSA) is 24.5 Å². The summed E-state index contributed by atoms with van der Waals surface area (Å²) in [6, 6.07) is 0.647. The Kier molecular flexibility index (Phi) is 4.85. The van der Waals surface area contributed by atoms with E-state index in [0.29, 0.717) is 18.1 Å². The lowest BCUT2D eigenvalue weighted by Gasteiger charge is -2.38. The first-order valence-electron chi connectivity index (χ1n) is 5.65. The summed E-state index contributed by atoms with van der Waals surface area (Å²) in [6.07, 6.45) is 0.396. The molecule has 1 rings (SSSR count). The molecule has 1 aliphatic rings. The lowest BCUT2D eigenvalue weighted by Crippen LogP contribution is -2.49. The minimum absolute atomic E-state index is 0.396. The van der Waals surface area contributed by atoms with Gasteiger partial charge in [-0.15, -0.1) is 0 Å². The van der Waals surface area contributed by atoms with Crippen LogP contribution >= 0.6 is 0 Å². The molecular weight excluding hydrogens is 176 g/mol. The Bertz CT molecular complexity index is 163. The molecule has 1 saturated heterocycles. The number of nitrogens with one attached hydrogen (secondary N) is 1. The SMILES string of the molecule is CNCC(C)C(C)N1CCOC(C)C1. The predicted octanol–water partition coefficient (Wildman–Crippen LogP) is 0.951. The van der Waals surface area contributed by atoms with Gasteiger partial charge in [0.05, 0.1) is 12.7 Å². The summed E-state index contributed by atoms with van der Waals surface area (Å²) in [6.45, 7) is 10.9. The molecule has 0 amide bonds. The third-order valence-corrected chi connectivity index (χ3v) is 3.20. The maximum atomic E-state index is 5.54. The van der Waals surface area contributed by atoms with E-state index >= 15 is 0 Å². The molecule has 0 spiro atoms. The first kappa shape index (κ1) is 12.0. The summed E-state index contributed by atoms with van der Waals surface area (Å²) in [4.78, 5) is 2.54. The van der Waals surface area contributed by atoms with Crippen molar-refractivity contribution in [3.8, 4) is 0 Å². The Labute approximate surface area is 87.8 Å². The van der Waals surface area contributed by atoms with Crippen LogP contribution in [0.15, 0.2) is 0 Å². The molecule has 1 heterocycles. The lowest BCUT2D eigenvalue weighted by molar-refractivity contribution is -0.0387. The van der Waals surface area contributed by atoms with E-state index in [9.17, 15) is 0 Å². The van der Waals surface area contributed by atoms with Gasteiger partial charge in [0, 0.05) is 19.1 Å². The summed E-state index contributed by atoms with van der Waals surface area (Å²) >= 11 is 0. The summed E-state index contributed by atoms with van der Waals surface area (Å²) in [5.74, 6) is 0.699. The molecule has 1 N–H and O–H groups in total. The monoisotopic (exact) mass is 200 g/mol. The molecule has 0 aromatic rings. The number of morpholine rings is 1. The number of hydrogen-bond acceptors (Lipinski definition) is 3. The van der Waals surface area contributed by atoms with Gasteiger partial charge in [-0.25, -0.2) is 0 Å². The molecule has 3 atom stereocenters. The number of rotatable bonds is 4. The van der Waals surface area contributed by atoms with E-state index in [-0.39, 0.29) is 0 Å². The molecule has 3 heteroatoms. The van der Waals surface area contributed by atoms with Crippen LogP contribution in [0.2, 0.25) is 0 Å². The van der Waals surface area contributed by atoms with Gasteiger partial charge in [-0.2, -0.15) is 0 Å². The number of hydrogen-bond donors (Lipinski definition) is 1. The van der Waals surface area contributed by atoms with Crippen LogP contribution in [0.25, 0.3) is 0 Å². The third kappa shape index (κ3) is 3.23. The molecule has 0 aromatic carbocycles. The van der Waals surface area contributed by atoms with E-state index in [4.69, 9.17) is 4.74 Å². The second-order valence-electron chi connectivity index (χ2n) is 4.45. The van der Waals surface area contributed by atoms with E-state index in [0.717, 1.165) is 26.2 Å².